The van der Waals surface area contributed by atoms with E-state index in [0.29, 0.717) is 17.9 Å². The Balaban J connectivity index is 2.03. The first-order valence-electron chi connectivity index (χ1n) is 7.06. The zero-order valence-electron chi connectivity index (χ0n) is 12.3. The van der Waals surface area contributed by atoms with E-state index in [4.69, 9.17) is 4.74 Å². The number of hydrogen-bond acceptors (Lipinski definition) is 3. The summed E-state index contributed by atoms with van der Waals surface area (Å²) in [5.74, 6) is -0.402. The standard InChI is InChI=1S/C17H18FNO3/c1-2-22-16-10-6-4-8-13(16)17(21)19-11-15(20)12-7-3-5-9-14(12)18/h3-10,15,20H,2,11H2,1H3,(H,19,21). The highest BCUT2D eigenvalue weighted by Gasteiger charge is 2.16. The van der Waals surface area contributed by atoms with Crippen LogP contribution in [0.2, 0.25) is 0 Å². The Labute approximate surface area is 128 Å². The fraction of sp³-hybridized carbons (Fsp3) is 0.235. The minimum absolute atomic E-state index is 0.0831. The average Bonchev–Trinajstić information content (AvgIpc) is 2.53. The van der Waals surface area contributed by atoms with Gasteiger partial charge in [0.1, 0.15) is 11.6 Å². The summed E-state index contributed by atoms with van der Waals surface area (Å²) in [5.41, 5.74) is 0.533. The van der Waals surface area contributed by atoms with Gasteiger partial charge in [0.15, 0.2) is 0 Å². The number of aliphatic hydroxyl groups is 1. The van der Waals surface area contributed by atoms with Gasteiger partial charge in [0.05, 0.1) is 18.3 Å². The van der Waals surface area contributed by atoms with E-state index in [-0.39, 0.29) is 18.0 Å². The van der Waals surface area contributed by atoms with Crippen molar-refractivity contribution in [3.8, 4) is 5.75 Å². The van der Waals surface area contributed by atoms with Crippen LogP contribution >= 0.6 is 0 Å². The lowest BCUT2D eigenvalue weighted by Gasteiger charge is -2.14. The number of nitrogens with one attached hydrogen (secondary N) is 1. The first-order chi connectivity index (χ1) is 10.6. The Kier molecular flexibility index (Phi) is 5.49. The highest BCUT2D eigenvalue weighted by atomic mass is 19.1. The topological polar surface area (TPSA) is 58.6 Å². The maximum Gasteiger partial charge on any atom is 0.255 e. The van der Waals surface area contributed by atoms with Gasteiger partial charge in [-0.15, -0.1) is 0 Å². The second-order valence-corrected chi connectivity index (χ2v) is 4.68. The fourth-order valence-electron chi connectivity index (χ4n) is 2.08. The molecule has 2 rings (SSSR count). The lowest BCUT2D eigenvalue weighted by atomic mass is 10.1. The maximum absolute atomic E-state index is 13.6. The molecular weight excluding hydrogens is 285 g/mol. The first-order valence-corrected chi connectivity index (χ1v) is 7.06. The molecule has 0 bridgehead atoms. The molecule has 1 atom stereocenters. The van der Waals surface area contributed by atoms with Gasteiger partial charge in [0.25, 0.3) is 5.91 Å². The second-order valence-electron chi connectivity index (χ2n) is 4.68. The molecule has 0 fully saturated rings. The molecule has 116 valence electrons. The SMILES string of the molecule is CCOc1ccccc1C(=O)NCC(O)c1ccccc1F. The normalized spacial score (nSPS) is 11.8. The molecule has 0 aromatic heterocycles. The van der Waals surface area contributed by atoms with Gasteiger partial charge in [-0.25, -0.2) is 4.39 Å². The van der Waals surface area contributed by atoms with Gasteiger partial charge < -0.3 is 15.2 Å². The molecule has 0 heterocycles. The van der Waals surface area contributed by atoms with Crippen LogP contribution in [0.15, 0.2) is 48.5 Å². The van der Waals surface area contributed by atoms with Gasteiger partial charge in [-0.2, -0.15) is 0 Å². The number of halogens is 1. The van der Waals surface area contributed by atoms with E-state index in [1.54, 1.807) is 36.4 Å². The van der Waals surface area contributed by atoms with Gasteiger partial charge >= 0.3 is 0 Å². The molecule has 2 aromatic carbocycles. The molecule has 0 spiro atoms. The van der Waals surface area contributed by atoms with Crippen LogP contribution in [0.25, 0.3) is 0 Å². The Morgan fingerprint density at radius 3 is 2.64 bits per heavy atom. The molecule has 1 amide bonds. The monoisotopic (exact) mass is 303 g/mol. The molecule has 0 radical (unpaired) electrons. The van der Waals surface area contributed by atoms with Gasteiger partial charge in [-0.1, -0.05) is 30.3 Å². The summed E-state index contributed by atoms with van der Waals surface area (Å²) in [7, 11) is 0. The third kappa shape index (κ3) is 3.83. The fourth-order valence-corrected chi connectivity index (χ4v) is 2.08. The predicted octanol–water partition coefficient (Wildman–Crippen LogP) is 2.69. The number of ether oxygens (including phenoxy) is 1. The Hall–Kier alpha value is -2.40. The summed E-state index contributed by atoms with van der Waals surface area (Å²) >= 11 is 0. The molecule has 1 unspecified atom stereocenters. The van der Waals surface area contributed by atoms with Crippen molar-refractivity contribution in [1.29, 1.82) is 0 Å². The Morgan fingerprint density at radius 1 is 1.23 bits per heavy atom. The summed E-state index contributed by atoms with van der Waals surface area (Å²) in [5, 5.41) is 12.6. The number of hydrogen-bond donors (Lipinski definition) is 2. The van der Waals surface area contributed by atoms with Crippen LogP contribution in [-0.4, -0.2) is 24.2 Å². The first kappa shape index (κ1) is 16.0. The molecule has 0 saturated heterocycles. The quantitative estimate of drug-likeness (QED) is 0.862. The van der Waals surface area contributed by atoms with E-state index in [1.807, 2.05) is 6.92 Å². The molecule has 0 saturated carbocycles. The average molecular weight is 303 g/mol. The molecule has 2 N–H and O–H groups in total. The van der Waals surface area contributed by atoms with Crippen LogP contribution in [-0.2, 0) is 0 Å². The number of carbonyl (C=O) groups is 1. The highest BCUT2D eigenvalue weighted by Crippen LogP contribution is 2.19. The summed E-state index contributed by atoms with van der Waals surface area (Å²) in [6.45, 7) is 2.19. The van der Waals surface area contributed by atoms with Crippen molar-refractivity contribution in [2.24, 2.45) is 0 Å². The van der Waals surface area contributed by atoms with Crippen molar-refractivity contribution >= 4 is 5.91 Å². The van der Waals surface area contributed by atoms with Crippen LogP contribution < -0.4 is 10.1 Å². The molecule has 0 aliphatic heterocycles. The predicted molar refractivity (Wildman–Crippen MR) is 81.3 cm³/mol. The van der Waals surface area contributed by atoms with Crippen molar-refractivity contribution in [2.45, 2.75) is 13.0 Å². The Morgan fingerprint density at radius 2 is 1.91 bits per heavy atom. The van der Waals surface area contributed by atoms with Crippen LogP contribution in [0.3, 0.4) is 0 Å². The number of amides is 1. The van der Waals surface area contributed by atoms with E-state index in [2.05, 4.69) is 5.32 Å². The minimum Gasteiger partial charge on any atom is -0.493 e. The molecule has 4 nitrogen and oxygen atoms in total. The zero-order chi connectivity index (χ0) is 15.9. The van der Waals surface area contributed by atoms with Crippen LogP contribution in [0.5, 0.6) is 5.75 Å². The van der Waals surface area contributed by atoms with Crippen molar-refractivity contribution in [3.05, 3.63) is 65.5 Å². The number of para-hydroxylation sites is 1. The lowest BCUT2D eigenvalue weighted by Crippen LogP contribution is -2.29. The maximum atomic E-state index is 13.6. The largest absolute Gasteiger partial charge is 0.493 e. The molecular formula is C17H18FNO3. The van der Waals surface area contributed by atoms with E-state index >= 15 is 0 Å². The molecule has 5 heteroatoms. The summed E-state index contributed by atoms with van der Waals surface area (Å²) < 4.78 is 18.9. The van der Waals surface area contributed by atoms with E-state index in [0.717, 1.165) is 0 Å². The Bertz CT molecular complexity index is 645. The summed E-state index contributed by atoms with van der Waals surface area (Å²) in [6, 6.07) is 12.8. The molecule has 2 aromatic rings. The number of carbonyl (C=O) groups excluding carboxylic acids is 1. The van der Waals surface area contributed by atoms with Gasteiger partial charge in [0.2, 0.25) is 0 Å². The van der Waals surface area contributed by atoms with Gasteiger partial charge in [0, 0.05) is 12.1 Å². The minimum atomic E-state index is -1.11. The third-order valence-corrected chi connectivity index (χ3v) is 3.15. The molecule has 0 aliphatic rings. The molecule has 0 aliphatic carbocycles. The number of aliphatic hydroxyl groups excluding tert-OH is 1. The van der Waals surface area contributed by atoms with Crippen LogP contribution in [0.4, 0.5) is 4.39 Å². The highest BCUT2D eigenvalue weighted by molar-refractivity contribution is 5.96. The molecule has 22 heavy (non-hydrogen) atoms. The zero-order valence-corrected chi connectivity index (χ0v) is 12.3. The van der Waals surface area contributed by atoms with Crippen molar-refractivity contribution in [3.63, 3.8) is 0 Å². The van der Waals surface area contributed by atoms with Crippen molar-refractivity contribution in [1.82, 2.24) is 5.32 Å². The third-order valence-electron chi connectivity index (χ3n) is 3.15. The smallest absolute Gasteiger partial charge is 0.255 e. The summed E-state index contributed by atoms with van der Waals surface area (Å²) in [4.78, 5) is 12.2. The van der Waals surface area contributed by atoms with E-state index in [9.17, 15) is 14.3 Å². The van der Waals surface area contributed by atoms with E-state index < -0.39 is 11.9 Å². The number of benzene rings is 2. The van der Waals surface area contributed by atoms with E-state index in [1.165, 1.54) is 12.1 Å². The van der Waals surface area contributed by atoms with Gasteiger partial charge in [-0.3, -0.25) is 4.79 Å². The van der Waals surface area contributed by atoms with Gasteiger partial charge in [-0.05, 0) is 25.1 Å². The lowest BCUT2D eigenvalue weighted by molar-refractivity contribution is 0.0910. The number of rotatable bonds is 6. The summed E-state index contributed by atoms with van der Waals surface area (Å²) in [6.07, 6.45) is -1.11. The van der Waals surface area contributed by atoms with Crippen molar-refractivity contribution in [2.75, 3.05) is 13.2 Å². The van der Waals surface area contributed by atoms with Crippen LogP contribution in [0.1, 0.15) is 28.9 Å². The van der Waals surface area contributed by atoms with Crippen molar-refractivity contribution < 1.29 is 19.0 Å². The second kappa shape index (κ2) is 7.56. The van der Waals surface area contributed by atoms with Crippen LogP contribution in [0, 0.1) is 5.82 Å².